The number of carbonyl (C=O) groups excluding carboxylic acids is 2. The lowest BCUT2D eigenvalue weighted by molar-refractivity contribution is -0.149. The summed E-state index contributed by atoms with van der Waals surface area (Å²) < 4.78 is 4.31. The summed E-state index contributed by atoms with van der Waals surface area (Å²) in [5.41, 5.74) is 0.845. The van der Waals surface area contributed by atoms with Crippen LogP contribution in [0.4, 0.5) is 0 Å². The summed E-state index contributed by atoms with van der Waals surface area (Å²) in [6.07, 6.45) is 2.53. The van der Waals surface area contributed by atoms with E-state index in [0.717, 1.165) is 6.08 Å². The maximum Gasteiger partial charge on any atom is 0.348 e. The third-order valence-electron chi connectivity index (χ3n) is 1.71. The number of cyclic esters (lactones) is 2. The number of nitrogens with zero attached hydrogens (tertiary/aromatic N) is 2. The SMILES string of the molecule is C=Cc1[nH]nnc1C1=CC(=O)OC1=O. The van der Waals surface area contributed by atoms with Gasteiger partial charge in [-0.3, -0.25) is 5.10 Å². The molecule has 2 rings (SSSR count). The second kappa shape index (κ2) is 2.91. The molecular weight excluding hydrogens is 186 g/mol. The number of aromatic nitrogens is 3. The lowest BCUT2D eigenvalue weighted by atomic mass is 10.1. The summed E-state index contributed by atoms with van der Waals surface area (Å²) >= 11 is 0. The van der Waals surface area contributed by atoms with Gasteiger partial charge in [0.25, 0.3) is 0 Å². The van der Waals surface area contributed by atoms with Gasteiger partial charge in [0.05, 0.1) is 11.3 Å². The maximum atomic E-state index is 11.1. The van der Waals surface area contributed by atoms with Gasteiger partial charge in [-0.1, -0.05) is 11.8 Å². The largest absolute Gasteiger partial charge is 0.386 e. The average Bonchev–Trinajstić information content (AvgIpc) is 2.71. The first-order valence-corrected chi connectivity index (χ1v) is 3.74. The predicted molar refractivity (Wildman–Crippen MR) is 45.5 cm³/mol. The fourth-order valence-electron chi connectivity index (χ4n) is 1.09. The molecule has 0 atom stereocenters. The molecule has 1 aromatic heterocycles. The normalized spacial score (nSPS) is 15.3. The summed E-state index contributed by atoms with van der Waals surface area (Å²) in [6, 6.07) is 0. The van der Waals surface area contributed by atoms with Crippen molar-refractivity contribution in [3.63, 3.8) is 0 Å². The molecule has 0 bridgehead atoms. The zero-order chi connectivity index (χ0) is 10.1. The minimum absolute atomic E-state index is 0.0960. The van der Waals surface area contributed by atoms with E-state index in [0.29, 0.717) is 5.69 Å². The van der Waals surface area contributed by atoms with E-state index in [4.69, 9.17) is 0 Å². The lowest BCUT2D eigenvalue weighted by Gasteiger charge is -1.93. The van der Waals surface area contributed by atoms with Gasteiger partial charge in [0.15, 0.2) is 0 Å². The van der Waals surface area contributed by atoms with Gasteiger partial charge in [-0.25, -0.2) is 9.59 Å². The van der Waals surface area contributed by atoms with Gasteiger partial charge in [-0.05, 0) is 6.08 Å². The summed E-state index contributed by atoms with van der Waals surface area (Å²) in [7, 11) is 0. The van der Waals surface area contributed by atoms with Crippen molar-refractivity contribution in [3.05, 3.63) is 24.0 Å². The molecule has 0 spiro atoms. The topological polar surface area (TPSA) is 84.9 Å². The summed E-state index contributed by atoms with van der Waals surface area (Å²) in [5, 5.41) is 9.68. The van der Waals surface area contributed by atoms with E-state index in [1.54, 1.807) is 0 Å². The minimum atomic E-state index is -0.716. The molecule has 1 aliphatic rings. The lowest BCUT2D eigenvalue weighted by Crippen LogP contribution is -2.02. The molecule has 6 heteroatoms. The molecule has 14 heavy (non-hydrogen) atoms. The Morgan fingerprint density at radius 1 is 1.50 bits per heavy atom. The second-order valence-electron chi connectivity index (χ2n) is 2.54. The van der Waals surface area contributed by atoms with Gasteiger partial charge in [0.1, 0.15) is 5.69 Å². The van der Waals surface area contributed by atoms with Crippen molar-refractivity contribution in [1.29, 1.82) is 0 Å². The molecule has 2 heterocycles. The molecule has 0 amide bonds. The fraction of sp³-hybridized carbons (Fsp3) is 0. The molecule has 0 radical (unpaired) electrons. The van der Waals surface area contributed by atoms with Crippen molar-refractivity contribution >= 4 is 23.6 Å². The number of carbonyl (C=O) groups is 2. The van der Waals surface area contributed by atoms with Crippen molar-refractivity contribution in [1.82, 2.24) is 15.4 Å². The Hall–Kier alpha value is -2.24. The van der Waals surface area contributed by atoms with Gasteiger partial charge in [-0.2, -0.15) is 0 Å². The van der Waals surface area contributed by atoms with Crippen LogP contribution in [0.2, 0.25) is 0 Å². The molecule has 6 nitrogen and oxygen atoms in total. The molecule has 1 aliphatic heterocycles. The van der Waals surface area contributed by atoms with Crippen LogP contribution in [0, 0.1) is 0 Å². The van der Waals surface area contributed by atoms with Crippen molar-refractivity contribution in [2.24, 2.45) is 0 Å². The van der Waals surface area contributed by atoms with Crippen LogP contribution in [0.25, 0.3) is 11.6 Å². The van der Waals surface area contributed by atoms with E-state index in [-0.39, 0.29) is 11.3 Å². The van der Waals surface area contributed by atoms with Crippen LogP contribution in [0.15, 0.2) is 12.7 Å². The minimum Gasteiger partial charge on any atom is -0.386 e. The van der Waals surface area contributed by atoms with Crippen LogP contribution in [-0.4, -0.2) is 27.3 Å². The third-order valence-corrected chi connectivity index (χ3v) is 1.71. The van der Waals surface area contributed by atoms with Gasteiger partial charge in [0.2, 0.25) is 0 Å². The van der Waals surface area contributed by atoms with Crippen molar-refractivity contribution in [2.75, 3.05) is 0 Å². The number of H-pyrrole nitrogens is 1. The highest BCUT2D eigenvalue weighted by Crippen LogP contribution is 2.21. The zero-order valence-corrected chi connectivity index (χ0v) is 6.98. The van der Waals surface area contributed by atoms with Crippen LogP contribution < -0.4 is 0 Å². The number of aromatic amines is 1. The van der Waals surface area contributed by atoms with Crippen LogP contribution in [0.3, 0.4) is 0 Å². The van der Waals surface area contributed by atoms with Crippen molar-refractivity contribution < 1.29 is 14.3 Å². The molecule has 0 saturated carbocycles. The highest BCUT2D eigenvalue weighted by Gasteiger charge is 2.28. The Labute approximate surface area is 78.3 Å². The van der Waals surface area contributed by atoms with Gasteiger partial charge in [0, 0.05) is 6.08 Å². The average molecular weight is 191 g/mol. The number of ether oxygens (including phenoxy) is 1. The maximum absolute atomic E-state index is 11.1. The van der Waals surface area contributed by atoms with Gasteiger partial charge >= 0.3 is 11.9 Å². The Balaban J connectivity index is 2.50. The number of hydrogen-bond donors (Lipinski definition) is 1. The van der Waals surface area contributed by atoms with E-state index < -0.39 is 11.9 Å². The Morgan fingerprint density at radius 2 is 2.29 bits per heavy atom. The Morgan fingerprint density at radius 3 is 2.86 bits per heavy atom. The number of nitrogens with one attached hydrogen (secondary N) is 1. The highest BCUT2D eigenvalue weighted by atomic mass is 16.6. The van der Waals surface area contributed by atoms with E-state index in [9.17, 15) is 9.59 Å². The fourth-order valence-corrected chi connectivity index (χ4v) is 1.09. The third kappa shape index (κ3) is 1.13. The quantitative estimate of drug-likeness (QED) is 0.521. The summed E-state index contributed by atoms with van der Waals surface area (Å²) in [5.74, 6) is -1.41. The van der Waals surface area contributed by atoms with Gasteiger partial charge < -0.3 is 4.74 Å². The van der Waals surface area contributed by atoms with Crippen molar-refractivity contribution in [3.8, 4) is 0 Å². The van der Waals surface area contributed by atoms with Crippen molar-refractivity contribution in [2.45, 2.75) is 0 Å². The second-order valence-corrected chi connectivity index (χ2v) is 2.54. The molecule has 70 valence electrons. The van der Waals surface area contributed by atoms with Gasteiger partial charge in [-0.15, -0.1) is 5.10 Å². The van der Waals surface area contributed by atoms with E-state index in [1.807, 2.05) is 0 Å². The molecule has 0 aliphatic carbocycles. The Kier molecular flexibility index (Phi) is 1.74. The molecule has 0 saturated heterocycles. The summed E-state index contributed by atoms with van der Waals surface area (Å²) in [6.45, 7) is 3.50. The zero-order valence-electron chi connectivity index (χ0n) is 6.98. The molecule has 0 unspecified atom stereocenters. The molecule has 0 aromatic carbocycles. The molecular formula is C8H5N3O3. The number of hydrogen-bond acceptors (Lipinski definition) is 5. The van der Waals surface area contributed by atoms with E-state index >= 15 is 0 Å². The highest BCUT2D eigenvalue weighted by molar-refractivity contribution is 6.28. The number of rotatable bonds is 2. The number of esters is 2. The monoisotopic (exact) mass is 191 g/mol. The van der Waals surface area contributed by atoms with E-state index in [2.05, 4.69) is 26.7 Å². The molecule has 1 aromatic rings. The standard InChI is InChI=1S/C8H5N3O3/c1-2-5-7(10-11-9-5)4-3-6(12)14-8(4)13/h2-3H,1H2,(H,9,10,11). The van der Waals surface area contributed by atoms with Crippen LogP contribution >= 0.6 is 0 Å². The Bertz CT molecular complexity index is 458. The van der Waals surface area contributed by atoms with Crippen LogP contribution in [0.1, 0.15) is 11.4 Å². The first kappa shape index (κ1) is 8.36. The molecule has 0 fully saturated rings. The first-order chi connectivity index (χ1) is 6.72. The van der Waals surface area contributed by atoms with Crippen LogP contribution in [-0.2, 0) is 14.3 Å². The smallest absolute Gasteiger partial charge is 0.348 e. The van der Waals surface area contributed by atoms with Crippen LogP contribution in [0.5, 0.6) is 0 Å². The van der Waals surface area contributed by atoms with E-state index in [1.165, 1.54) is 6.08 Å². The first-order valence-electron chi connectivity index (χ1n) is 3.74. The molecule has 1 N–H and O–H groups in total. The summed E-state index contributed by atoms with van der Waals surface area (Å²) in [4.78, 5) is 21.9. The predicted octanol–water partition coefficient (Wildman–Crippen LogP) is -0.0855.